The first-order valence-electron chi connectivity index (χ1n) is 22.6. The lowest BCUT2D eigenvalue weighted by atomic mass is 9.95. The molecule has 0 fully saturated rings. The summed E-state index contributed by atoms with van der Waals surface area (Å²) in [5.41, 5.74) is 10.6. The standard InChI is InChI=1S/C61H49NO10/c1-5-58(64)69-52-29-15-45(16-30-52)56(46-17-31-53(32-18-46)70-59(65)6-2)39-43-11-25-50(26-12-43)62(49-23-9-42(10-24-49)37-38-68-41-63)51-27-13-44(14-28-51)40-57(47-19-33-54(34-20-47)71-60(66)7-3)48-21-35-55(36-22-48)72-61(67)8-4/h5-36,39-40,63H,1-4,37-38,41H2. The molecule has 0 saturated heterocycles. The normalized spacial score (nSPS) is 10.4. The fourth-order valence-electron chi connectivity index (χ4n) is 7.39. The van der Waals surface area contributed by atoms with Gasteiger partial charge in [0.2, 0.25) is 0 Å². The quantitative estimate of drug-likeness (QED) is 0.0184. The molecule has 11 heteroatoms. The van der Waals surface area contributed by atoms with Gasteiger partial charge in [0.1, 0.15) is 29.8 Å². The Kier molecular flexibility index (Phi) is 17.3. The fourth-order valence-corrected chi connectivity index (χ4v) is 7.39. The van der Waals surface area contributed by atoms with E-state index in [1.165, 1.54) is 0 Å². The van der Waals surface area contributed by atoms with E-state index in [-0.39, 0.29) is 6.79 Å². The number of hydrogen-bond donors (Lipinski definition) is 1. The Bertz CT molecular complexity index is 2790. The summed E-state index contributed by atoms with van der Waals surface area (Å²) >= 11 is 0. The highest BCUT2D eigenvalue weighted by atomic mass is 16.6. The average Bonchev–Trinajstić information content (AvgIpc) is 3.41. The molecule has 0 aliphatic heterocycles. The first-order valence-corrected chi connectivity index (χ1v) is 22.6. The second kappa shape index (κ2) is 24.7. The third kappa shape index (κ3) is 13.6. The third-order valence-corrected chi connectivity index (χ3v) is 10.9. The number of carbonyl (C=O) groups excluding carboxylic acids is 4. The van der Waals surface area contributed by atoms with Crippen LogP contribution in [0.3, 0.4) is 0 Å². The van der Waals surface area contributed by atoms with Gasteiger partial charge in [-0.1, -0.05) is 111 Å². The van der Waals surface area contributed by atoms with Gasteiger partial charge in [-0.2, -0.15) is 0 Å². The number of benzene rings is 7. The molecule has 0 unspecified atom stereocenters. The second-order valence-corrected chi connectivity index (χ2v) is 15.7. The maximum Gasteiger partial charge on any atom is 0.335 e. The van der Waals surface area contributed by atoms with E-state index in [9.17, 15) is 19.2 Å². The van der Waals surface area contributed by atoms with Crippen molar-refractivity contribution in [2.75, 3.05) is 18.3 Å². The molecule has 358 valence electrons. The zero-order valence-electron chi connectivity index (χ0n) is 39.1. The highest BCUT2D eigenvalue weighted by Gasteiger charge is 2.16. The van der Waals surface area contributed by atoms with Crippen molar-refractivity contribution in [1.29, 1.82) is 0 Å². The van der Waals surface area contributed by atoms with Gasteiger partial charge in [-0.05, 0) is 154 Å². The Morgan fingerprint density at radius 1 is 0.403 bits per heavy atom. The molecule has 0 amide bonds. The van der Waals surface area contributed by atoms with Crippen molar-refractivity contribution in [3.8, 4) is 23.0 Å². The average molecular weight is 956 g/mol. The van der Waals surface area contributed by atoms with E-state index in [1.54, 1.807) is 48.5 Å². The van der Waals surface area contributed by atoms with E-state index in [4.69, 9.17) is 28.8 Å². The van der Waals surface area contributed by atoms with Crippen LogP contribution < -0.4 is 23.8 Å². The van der Waals surface area contributed by atoms with Crippen LogP contribution in [0.25, 0.3) is 23.3 Å². The van der Waals surface area contributed by atoms with E-state index in [1.807, 2.05) is 133 Å². The molecule has 0 bridgehead atoms. The molecular formula is C61H49NO10. The predicted molar refractivity (Wildman–Crippen MR) is 281 cm³/mol. The van der Waals surface area contributed by atoms with Crippen LogP contribution in [0, 0.1) is 0 Å². The summed E-state index contributed by atoms with van der Waals surface area (Å²) in [5.74, 6) is -0.772. The number of carbonyl (C=O) groups is 4. The zero-order chi connectivity index (χ0) is 50.8. The van der Waals surface area contributed by atoms with Gasteiger partial charge in [0.25, 0.3) is 0 Å². The van der Waals surface area contributed by atoms with Gasteiger partial charge in [0, 0.05) is 41.4 Å². The predicted octanol–water partition coefficient (Wildman–Crippen LogP) is 12.2. The monoisotopic (exact) mass is 955 g/mol. The Balaban J connectivity index is 1.25. The second-order valence-electron chi connectivity index (χ2n) is 15.7. The van der Waals surface area contributed by atoms with Crippen molar-refractivity contribution in [2.24, 2.45) is 0 Å². The van der Waals surface area contributed by atoms with Crippen molar-refractivity contribution < 1.29 is 48.0 Å². The molecule has 72 heavy (non-hydrogen) atoms. The van der Waals surface area contributed by atoms with Crippen molar-refractivity contribution in [3.63, 3.8) is 0 Å². The topological polar surface area (TPSA) is 138 Å². The molecule has 0 spiro atoms. The molecule has 7 aromatic carbocycles. The molecule has 0 radical (unpaired) electrons. The summed E-state index contributed by atoms with van der Waals surface area (Å²) in [6.07, 6.45) is 9.14. The van der Waals surface area contributed by atoms with Crippen molar-refractivity contribution in [1.82, 2.24) is 0 Å². The van der Waals surface area contributed by atoms with Crippen LogP contribution in [0.15, 0.2) is 220 Å². The highest BCUT2D eigenvalue weighted by molar-refractivity contribution is 5.94. The third-order valence-electron chi connectivity index (χ3n) is 10.9. The van der Waals surface area contributed by atoms with E-state index in [0.717, 1.165) is 91.5 Å². The summed E-state index contributed by atoms with van der Waals surface area (Å²) in [5, 5.41) is 9.15. The Labute approximate surface area is 417 Å². The van der Waals surface area contributed by atoms with Crippen LogP contribution in [0.2, 0.25) is 0 Å². The van der Waals surface area contributed by atoms with Gasteiger partial charge >= 0.3 is 23.9 Å². The lowest BCUT2D eigenvalue weighted by Crippen LogP contribution is -2.10. The van der Waals surface area contributed by atoms with Gasteiger partial charge < -0.3 is 33.7 Å². The first kappa shape index (κ1) is 50.5. The van der Waals surface area contributed by atoms with E-state index >= 15 is 0 Å². The van der Waals surface area contributed by atoms with Crippen LogP contribution >= 0.6 is 0 Å². The number of anilines is 3. The summed E-state index contributed by atoms with van der Waals surface area (Å²) in [6.45, 7) is 13.9. The number of nitrogens with zero attached hydrogens (tertiary/aromatic N) is 1. The van der Waals surface area contributed by atoms with Crippen LogP contribution in [-0.4, -0.2) is 42.4 Å². The number of aliphatic hydroxyl groups excluding tert-OH is 1. The van der Waals surface area contributed by atoms with Crippen LogP contribution in [0.4, 0.5) is 17.1 Å². The van der Waals surface area contributed by atoms with Gasteiger partial charge in [-0.15, -0.1) is 0 Å². The lowest BCUT2D eigenvalue weighted by molar-refractivity contribution is -0.129. The lowest BCUT2D eigenvalue weighted by Gasteiger charge is -2.26. The molecule has 7 rings (SSSR count). The summed E-state index contributed by atoms with van der Waals surface area (Å²) in [4.78, 5) is 49.8. The number of esters is 4. The zero-order valence-corrected chi connectivity index (χ0v) is 39.1. The van der Waals surface area contributed by atoms with Crippen molar-refractivity contribution in [2.45, 2.75) is 6.42 Å². The minimum Gasteiger partial charge on any atom is -0.423 e. The number of aliphatic hydroxyl groups is 1. The van der Waals surface area contributed by atoms with Crippen molar-refractivity contribution >= 4 is 64.2 Å². The van der Waals surface area contributed by atoms with Gasteiger partial charge in [-0.3, -0.25) is 0 Å². The molecule has 0 heterocycles. The molecule has 0 aromatic heterocycles. The largest absolute Gasteiger partial charge is 0.423 e. The molecule has 0 aliphatic carbocycles. The Morgan fingerprint density at radius 3 is 0.944 bits per heavy atom. The van der Waals surface area contributed by atoms with E-state index in [0.29, 0.717) is 36.0 Å². The van der Waals surface area contributed by atoms with Crippen LogP contribution in [-0.2, 0) is 30.3 Å². The summed E-state index contributed by atoms with van der Waals surface area (Å²) in [7, 11) is 0. The van der Waals surface area contributed by atoms with Crippen LogP contribution in [0.1, 0.15) is 38.9 Å². The summed E-state index contributed by atoms with van der Waals surface area (Å²) in [6, 6.07) is 53.0. The van der Waals surface area contributed by atoms with Gasteiger partial charge in [-0.25, -0.2) is 19.2 Å². The Morgan fingerprint density at radius 2 is 0.681 bits per heavy atom. The van der Waals surface area contributed by atoms with Crippen LogP contribution in [0.5, 0.6) is 23.0 Å². The smallest absolute Gasteiger partial charge is 0.335 e. The maximum absolute atomic E-state index is 11.9. The molecular weight excluding hydrogens is 907 g/mol. The minimum atomic E-state index is -0.564. The molecule has 0 aliphatic rings. The van der Waals surface area contributed by atoms with E-state index < -0.39 is 23.9 Å². The fraction of sp³-hybridized carbons (Fsp3) is 0.0492. The number of rotatable bonds is 21. The maximum atomic E-state index is 11.9. The SMILES string of the molecule is C=CC(=O)Oc1ccc(C(=Cc2ccc(N(c3ccc(C=C(c4ccc(OC(=O)C=C)cc4)c4ccc(OC(=O)C=C)cc4)cc3)c3ccc(CCOCO)cc3)cc2)c2ccc(OC(=O)C=C)cc2)cc1. The Hall–Kier alpha value is -9.42. The molecule has 11 nitrogen and oxygen atoms in total. The molecule has 0 saturated carbocycles. The van der Waals surface area contributed by atoms with Gasteiger partial charge in [0.15, 0.2) is 0 Å². The number of ether oxygens (including phenoxy) is 5. The molecule has 0 atom stereocenters. The summed E-state index contributed by atoms with van der Waals surface area (Å²) < 4.78 is 26.5. The molecule has 7 aromatic rings. The molecule has 1 N–H and O–H groups in total. The number of hydrogen-bond acceptors (Lipinski definition) is 11. The van der Waals surface area contributed by atoms with Gasteiger partial charge in [0.05, 0.1) is 6.61 Å². The first-order chi connectivity index (χ1) is 35.0. The van der Waals surface area contributed by atoms with E-state index in [2.05, 4.69) is 31.2 Å². The van der Waals surface area contributed by atoms with Crippen molar-refractivity contribution in [3.05, 3.63) is 259 Å². The minimum absolute atomic E-state index is 0.344. The highest BCUT2D eigenvalue weighted by Crippen LogP contribution is 2.37.